The molecule has 0 saturated carbocycles. The van der Waals surface area contributed by atoms with E-state index >= 15 is 0 Å². The number of aromatic nitrogens is 4. The van der Waals surface area contributed by atoms with Gasteiger partial charge < -0.3 is 16.0 Å². The maximum Gasteiger partial charge on any atom is 0.263 e. The van der Waals surface area contributed by atoms with E-state index in [1.165, 1.54) is 11.3 Å². The largest absolute Gasteiger partial charge is 0.367 e. The smallest absolute Gasteiger partial charge is 0.263 e. The van der Waals surface area contributed by atoms with Gasteiger partial charge in [-0.05, 0) is 31.2 Å². The van der Waals surface area contributed by atoms with E-state index in [0.29, 0.717) is 35.4 Å². The third-order valence-electron chi connectivity index (χ3n) is 3.25. The van der Waals surface area contributed by atoms with Gasteiger partial charge in [0, 0.05) is 19.3 Å². The van der Waals surface area contributed by atoms with E-state index in [2.05, 4.69) is 36.1 Å². The van der Waals surface area contributed by atoms with E-state index in [0.717, 1.165) is 5.69 Å². The van der Waals surface area contributed by atoms with Gasteiger partial charge in [-0.25, -0.2) is 9.97 Å². The van der Waals surface area contributed by atoms with Gasteiger partial charge in [-0.2, -0.15) is 0 Å². The van der Waals surface area contributed by atoms with Crippen molar-refractivity contribution in [2.75, 3.05) is 23.7 Å². The van der Waals surface area contributed by atoms with Crippen molar-refractivity contribution < 1.29 is 4.79 Å². The third kappa shape index (κ3) is 4.70. The number of thiazole rings is 1. The van der Waals surface area contributed by atoms with E-state index < -0.39 is 0 Å². The Morgan fingerprint density at radius 2 is 1.88 bits per heavy atom. The molecule has 3 aromatic rings. The summed E-state index contributed by atoms with van der Waals surface area (Å²) in [5, 5.41) is 17.2. The number of anilines is 3. The summed E-state index contributed by atoms with van der Waals surface area (Å²) in [7, 11) is 0. The summed E-state index contributed by atoms with van der Waals surface area (Å²) in [5.41, 5.74) is 2.41. The van der Waals surface area contributed by atoms with Crippen LogP contribution in [-0.2, 0) is 0 Å². The molecule has 3 rings (SSSR count). The number of hydrogen-bond acceptors (Lipinski definition) is 8. The number of pyridine rings is 1. The maximum absolute atomic E-state index is 11.9. The summed E-state index contributed by atoms with van der Waals surface area (Å²) >= 11 is 1.34. The first-order valence-corrected chi connectivity index (χ1v) is 8.54. The first-order chi connectivity index (χ1) is 12.2. The summed E-state index contributed by atoms with van der Waals surface area (Å²) in [6.45, 7) is 2.84. The quantitative estimate of drug-likeness (QED) is 0.558. The van der Waals surface area contributed by atoms with Gasteiger partial charge in [0.05, 0.1) is 11.2 Å². The van der Waals surface area contributed by atoms with E-state index in [9.17, 15) is 4.79 Å². The summed E-state index contributed by atoms with van der Waals surface area (Å²) in [4.78, 5) is 20.8. The molecule has 0 atom stereocenters. The molecular formula is C16H17N7OS. The highest BCUT2D eigenvalue weighted by Gasteiger charge is 2.10. The second-order valence-corrected chi connectivity index (χ2v) is 5.95. The molecule has 0 aromatic carbocycles. The lowest BCUT2D eigenvalue weighted by Crippen LogP contribution is -2.28. The lowest BCUT2D eigenvalue weighted by Gasteiger charge is -2.07. The number of rotatable bonds is 7. The van der Waals surface area contributed by atoms with Crippen LogP contribution in [0.3, 0.4) is 0 Å². The predicted molar refractivity (Wildman–Crippen MR) is 97.2 cm³/mol. The van der Waals surface area contributed by atoms with Crippen molar-refractivity contribution in [1.29, 1.82) is 0 Å². The normalized spacial score (nSPS) is 10.3. The number of amides is 1. The third-order valence-corrected chi connectivity index (χ3v) is 4.18. The average Bonchev–Trinajstić information content (AvgIpc) is 3.07. The molecule has 3 heterocycles. The Balaban J connectivity index is 1.43. The number of carbonyl (C=O) groups excluding carboxylic acids is 1. The van der Waals surface area contributed by atoms with Crippen LogP contribution in [0.2, 0.25) is 0 Å². The predicted octanol–water partition coefficient (Wildman–Crippen LogP) is 2.22. The van der Waals surface area contributed by atoms with Crippen LogP contribution in [0.1, 0.15) is 15.4 Å². The molecule has 0 bridgehead atoms. The highest BCUT2D eigenvalue weighted by Crippen LogP contribution is 2.12. The second kappa shape index (κ2) is 8.15. The van der Waals surface area contributed by atoms with Gasteiger partial charge in [-0.15, -0.1) is 21.5 Å². The SMILES string of the molecule is Cc1ncsc1C(=O)NCCNc1ccc(Nc2ccccn2)nn1. The Hall–Kier alpha value is -3.07. The van der Waals surface area contributed by atoms with Crippen LogP contribution < -0.4 is 16.0 Å². The van der Waals surface area contributed by atoms with Crippen molar-refractivity contribution in [1.82, 2.24) is 25.5 Å². The van der Waals surface area contributed by atoms with Crippen molar-refractivity contribution in [3.8, 4) is 0 Å². The van der Waals surface area contributed by atoms with Crippen molar-refractivity contribution in [2.24, 2.45) is 0 Å². The fourth-order valence-corrected chi connectivity index (χ4v) is 2.75. The molecule has 25 heavy (non-hydrogen) atoms. The van der Waals surface area contributed by atoms with E-state index in [-0.39, 0.29) is 5.91 Å². The first kappa shape index (κ1) is 16.8. The highest BCUT2D eigenvalue weighted by molar-refractivity contribution is 7.11. The van der Waals surface area contributed by atoms with Gasteiger partial charge in [0.15, 0.2) is 5.82 Å². The Morgan fingerprint density at radius 1 is 1.04 bits per heavy atom. The molecule has 0 unspecified atom stereocenters. The standard InChI is InChI=1S/C16H17N7OS/c1-11-15(25-10-20-11)16(24)19-9-8-18-13-5-6-14(23-22-13)21-12-4-2-3-7-17-12/h2-7,10H,8-9H2,1H3,(H,18,22)(H,19,24)(H,17,21,23). The number of nitrogens with one attached hydrogen (secondary N) is 3. The van der Waals surface area contributed by atoms with Crippen LogP contribution in [0.15, 0.2) is 42.0 Å². The van der Waals surface area contributed by atoms with Crippen molar-refractivity contribution in [3.63, 3.8) is 0 Å². The molecule has 3 N–H and O–H groups in total. The monoisotopic (exact) mass is 355 g/mol. The van der Waals surface area contributed by atoms with Crippen LogP contribution in [0.25, 0.3) is 0 Å². The Labute approximate surface area is 148 Å². The molecule has 1 amide bonds. The van der Waals surface area contributed by atoms with Crippen LogP contribution >= 0.6 is 11.3 Å². The molecule has 0 aliphatic carbocycles. The molecule has 0 saturated heterocycles. The van der Waals surface area contributed by atoms with Gasteiger partial charge in [-0.1, -0.05) is 6.07 Å². The van der Waals surface area contributed by atoms with E-state index in [1.54, 1.807) is 11.7 Å². The highest BCUT2D eigenvalue weighted by atomic mass is 32.1. The Bertz CT molecular complexity index is 820. The average molecular weight is 355 g/mol. The summed E-state index contributed by atoms with van der Waals surface area (Å²) < 4.78 is 0. The van der Waals surface area contributed by atoms with Crippen molar-refractivity contribution >= 4 is 34.7 Å². The Kier molecular flexibility index (Phi) is 5.47. The van der Waals surface area contributed by atoms with Crippen LogP contribution in [0.5, 0.6) is 0 Å². The van der Waals surface area contributed by atoms with Gasteiger partial charge in [0.1, 0.15) is 16.5 Å². The molecule has 0 aliphatic rings. The van der Waals surface area contributed by atoms with Crippen molar-refractivity contribution in [3.05, 3.63) is 52.6 Å². The lowest BCUT2D eigenvalue weighted by molar-refractivity contribution is 0.0958. The van der Waals surface area contributed by atoms with Crippen LogP contribution in [0.4, 0.5) is 17.5 Å². The molecule has 3 aromatic heterocycles. The molecule has 0 spiro atoms. The lowest BCUT2D eigenvalue weighted by atomic mass is 10.4. The zero-order valence-corrected chi connectivity index (χ0v) is 14.4. The number of hydrogen-bond donors (Lipinski definition) is 3. The van der Waals surface area contributed by atoms with Gasteiger partial charge in [0.25, 0.3) is 5.91 Å². The topological polar surface area (TPSA) is 105 Å². The van der Waals surface area contributed by atoms with E-state index in [1.807, 2.05) is 37.3 Å². The zero-order valence-electron chi connectivity index (χ0n) is 13.6. The van der Waals surface area contributed by atoms with E-state index in [4.69, 9.17) is 0 Å². The molecule has 0 fully saturated rings. The first-order valence-electron chi connectivity index (χ1n) is 7.66. The van der Waals surface area contributed by atoms with Crippen LogP contribution in [-0.4, -0.2) is 39.2 Å². The maximum atomic E-state index is 11.9. The fourth-order valence-electron chi connectivity index (χ4n) is 2.03. The van der Waals surface area contributed by atoms with Crippen molar-refractivity contribution in [2.45, 2.75) is 6.92 Å². The minimum Gasteiger partial charge on any atom is -0.367 e. The minimum absolute atomic E-state index is 0.109. The van der Waals surface area contributed by atoms with Gasteiger partial charge in [0.2, 0.25) is 0 Å². The van der Waals surface area contributed by atoms with Gasteiger partial charge >= 0.3 is 0 Å². The molecule has 8 nitrogen and oxygen atoms in total. The minimum atomic E-state index is -0.109. The number of aryl methyl sites for hydroxylation is 1. The molecule has 128 valence electrons. The molecular weight excluding hydrogens is 338 g/mol. The van der Waals surface area contributed by atoms with Gasteiger partial charge in [-0.3, -0.25) is 4.79 Å². The van der Waals surface area contributed by atoms with Crippen LogP contribution in [0, 0.1) is 6.92 Å². The summed E-state index contributed by atoms with van der Waals surface area (Å²) in [6, 6.07) is 9.21. The number of nitrogens with zero attached hydrogens (tertiary/aromatic N) is 4. The second-order valence-electron chi connectivity index (χ2n) is 5.09. The molecule has 0 aliphatic heterocycles. The summed E-state index contributed by atoms with van der Waals surface area (Å²) in [6.07, 6.45) is 1.70. The Morgan fingerprint density at radius 3 is 2.56 bits per heavy atom. The summed E-state index contributed by atoms with van der Waals surface area (Å²) in [5.74, 6) is 1.84. The molecule has 0 radical (unpaired) electrons. The fraction of sp³-hybridized carbons (Fsp3) is 0.188. The zero-order chi connectivity index (χ0) is 17.5. The molecule has 9 heteroatoms. The number of carbonyl (C=O) groups is 1.